The van der Waals surface area contributed by atoms with Gasteiger partial charge in [0.25, 0.3) is 5.91 Å². The van der Waals surface area contributed by atoms with Crippen LogP contribution in [0.5, 0.6) is 0 Å². The summed E-state index contributed by atoms with van der Waals surface area (Å²) >= 11 is 5.76. The Morgan fingerprint density at radius 2 is 1.91 bits per heavy atom. The zero-order chi connectivity index (χ0) is 17.0. The van der Waals surface area contributed by atoms with Crippen LogP contribution in [0.15, 0.2) is 48.0 Å². The van der Waals surface area contributed by atoms with Gasteiger partial charge in [-0.05, 0) is 37.3 Å². The van der Waals surface area contributed by atoms with Crippen molar-refractivity contribution in [2.45, 2.75) is 6.92 Å². The van der Waals surface area contributed by atoms with Crippen LogP contribution in [0.3, 0.4) is 0 Å². The summed E-state index contributed by atoms with van der Waals surface area (Å²) in [5.74, 6) is -2.19. The first-order chi connectivity index (χ1) is 10.9. The molecule has 118 valence electrons. The summed E-state index contributed by atoms with van der Waals surface area (Å²) in [5, 5.41) is 11.9. The molecule has 0 saturated carbocycles. The minimum Gasteiger partial charge on any atom is -0.478 e. The fourth-order valence-electron chi connectivity index (χ4n) is 1.91. The summed E-state index contributed by atoms with van der Waals surface area (Å²) in [4.78, 5) is 23.3. The van der Waals surface area contributed by atoms with E-state index in [0.717, 1.165) is 0 Å². The molecule has 23 heavy (non-hydrogen) atoms. The highest BCUT2D eigenvalue weighted by molar-refractivity contribution is 6.31. The first kappa shape index (κ1) is 16.7. The molecule has 2 N–H and O–H groups in total. The molecule has 0 aliphatic carbocycles. The highest BCUT2D eigenvalue weighted by Crippen LogP contribution is 2.21. The van der Waals surface area contributed by atoms with Crippen LogP contribution in [0.2, 0.25) is 5.02 Å². The molecule has 1 amide bonds. The first-order valence-electron chi connectivity index (χ1n) is 6.65. The summed E-state index contributed by atoms with van der Waals surface area (Å²) in [6.07, 6.45) is 1.39. The second-order valence-corrected chi connectivity index (χ2v) is 5.23. The Kier molecular flexibility index (Phi) is 5.13. The van der Waals surface area contributed by atoms with Gasteiger partial charge in [0.2, 0.25) is 0 Å². The predicted molar refractivity (Wildman–Crippen MR) is 87.1 cm³/mol. The number of hydrogen-bond donors (Lipinski definition) is 2. The van der Waals surface area contributed by atoms with E-state index in [0.29, 0.717) is 0 Å². The lowest BCUT2D eigenvalue weighted by atomic mass is 10.1. The number of anilines is 1. The van der Waals surface area contributed by atoms with E-state index >= 15 is 0 Å². The van der Waals surface area contributed by atoms with E-state index in [1.807, 2.05) is 0 Å². The number of halogens is 2. The van der Waals surface area contributed by atoms with Crippen molar-refractivity contribution < 1.29 is 19.1 Å². The van der Waals surface area contributed by atoms with Gasteiger partial charge in [-0.3, -0.25) is 4.79 Å². The van der Waals surface area contributed by atoms with Gasteiger partial charge in [-0.25, -0.2) is 9.18 Å². The van der Waals surface area contributed by atoms with E-state index in [1.165, 1.54) is 43.3 Å². The maximum absolute atomic E-state index is 13.6. The summed E-state index contributed by atoms with van der Waals surface area (Å²) < 4.78 is 13.6. The molecule has 0 heterocycles. The van der Waals surface area contributed by atoms with Crippen LogP contribution in [0.1, 0.15) is 22.8 Å². The Labute approximate surface area is 137 Å². The quantitative estimate of drug-likeness (QED) is 0.823. The number of benzene rings is 2. The van der Waals surface area contributed by atoms with Crippen LogP contribution < -0.4 is 5.32 Å². The predicted octanol–water partition coefficient (Wildman–Crippen LogP) is 4.22. The largest absolute Gasteiger partial charge is 0.478 e. The number of nitrogens with one attached hydrogen (secondary N) is 1. The summed E-state index contributed by atoms with van der Waals surface area (Å²) in [5.41, 5.74) is 0.508. The van der Waals surface area contributed by atoms with Crippen molar-refractivity contribution in [3.05, 3.63) is 70.0 Å². The monoisotopic (exact) mass is 333 g/mol. The summed E-state index contributed by atoms with van der Waals surface area (Å²) in [6.45, 7) is 1.51. The van der Waals surface area contributed by atoms with Gasteiger partial charge in [-0.1, -0.05) is 29.8 Å². The van der Waals surface area contributed by atoms with Crippen molar-refractivity contribution in [1.82, 2.24) is 0 Å². The number of carboxylic acid groups (broad SMARTS) is 1. The van der Waals surface area contributed by atoms with Crippen LogP contribution in [-0.2, 0) is 4.79 Å². The van der Waals surface area contributed by atoms with Gasteiger partial charge in [0, 0.05) is 16.2 Å². The number of carbonyl (C=O) groups is 2. The molecule has 2 aromatic rings. The van der Waals surface area contributed by atoms with E-state index in [9.17, 15) is 14.0 Å². The van der Waals surface area contributed by atoms with E-state index in [1.54, 1.807) is 12.1 Å². The van der Waals surface area contributed by atoms with E-state index in [2.05, 4.69) is 5.32 Å². The normalized spacial score (nSPS) is 11.2. The van der Waals surface area contributed by atoms with Crippen molar-refractivity contribution in [2.24, 2.45) is 0 Å². The standard InChI is InChI=1S/C17H13ClFNO3/c1-10(8-11-4-2-3-5-14(11)19)16(21)20-15-7-6-12(18)9-13(15)17(22)23/h2-9H,1H3,(H,20,21)(H,22,23). The van der Waals surface area contributed by atoms with Crippen LogP contribution >= 0.6 is 11.6 Å². The molecule has 0 aliphatic heterocycles. The zero-order valence-electron chi connectivity index (χ0n) is 12.1. The third-order valence-electron chi connectivity index (χ3n) is 3.10. The fraction of sp³-hybridized carbons (Fsp3) is 0.0588. The molecule has 0 aliphatic rings. The van der Waals surface area contributed by atoms with Crippen LogP contribution in [-0.4, -0.2) is 17.0 Å². The van der Waals surface area contributed by atoms with Gasteiger partial charge in [0.05, 0.1) is 11.3 Å². The number of amides is 1. The Bertz CT molecular complexity index is 802. The van der Waals surface area contributed by atoms with E-state index in [-0.39, 0.29) is 27.4 Å². The Balaban J connectivity index is 2.26. The smallest absolute Gasteiger partial charge is 0.337 e. The lowest BCUT2D eigenvalue weighted by Crippen LogP contribution is -2.15. The molecule has 6 heteroatoms. The van der Waals surface area contributed by atoms with Crippen LogP contribution in [0.4, 0.5) is 10.1 Å². The highest BCUT2D eigenvalue weighted by atomic mass is 35.5. The molecular formula is C17H13ClFNO3. The first-order valence-corrected chi connectivity index (χ1v) is 7.03. The van der Waals surface area contributed by atoms with Crippen LogP contribution in [0.25, 0.3) is 6.08 Å². The van der Waals surface area contributed by atoms with Gasteiger partial charge in [-0.15, -0.1) is 0 Å². The molecule has 0 atom stereocenters. The van der Waals surface area contributed by atoms with Crippen molar-refractivity contribution >= 4 is 35.2 Å². The molecule has 0 bridgehead atoms. The number of carboxylic acids is 1. The molecule has 2 aromatic carbocycles. The topological polar surface area (TPSA) is 66.4 Å². The lowest BCUT2D eigenvalue weighted by Gasteiger charge is -2.09. The van der Waals surface area contributed by atoms with E-state index in [4.69, 9.17) is 16.7 Å². The van der Waals surface area contributed by atoms with Gasteiger partial charge >= 0.3 is 5.97 Å². The Morgan fingerprint density at radius 3 is 2.57 bits per heavy atom. The number of rotatable bonds is 4. The third kappa shape index (κ3) is 4.17. The SMILES string of the molecule is CC(=Cc1ccccc1F)C(=O)Nc1ccc(Cl)cc1C(=O)O. The number of carbonyl (C=O) groups excluding carboxylic acids is 1. The molecule has 0 saturated heterocycles. The molecule has 0 aromatic heterocycles. The Hall–Kier alpha value is -2.66. The summed E-state index contributed by atoms with van der Waals surface area (Å²) in [7, 11) is 0. The average molecular weight is 334 g/mol. The second-order valence-electron chi connectivity index (χ2n) is 4.80. The van der Waals surface area contributed by atoms with Gasteiger partial charge in [0.15, 0.2) is 0 Å². The van der Waals surface area contributed by atoms with Gasteiger partial charge in [0.1, 0.15) is 5.82 Å². The third-order valence-corrected chi connectivity index (χ3v) is 3.33. The fourth-order valence-corrected chi connectivity index (χ4v) is 2.09. The van der Waals surface area contributed by atoms with E-state index < -0.39 is 17.7 Å². The molecule has 0 radical (unpaired) electrons. The molecule has 0 unspecified atom stereocenters. The number of hydrogen-bond acceptors (Lipinski definition) is 2. The Morgan fingerprint density at radius 1 is 1.22 bits per heavy atom. The molecule has 0 fully saturated rings. The molecule has 0 spiro atoms. The van der Waals surface area contributed by atoms with Crippen molar-refractivity contribution in [3.63, 3.8) is 0 Å². The van der Waals surface area contributed by atoms with Gasteiger partial charge < -0.3 is 10.4 Å². The molecular weight excluding hydrogens is 321 g/mol. The van der Waals surface area contributed by atoms with Crippen molar-refractivity contribution in [3.8, 4) is 0 Å². The minimum absolute atomic E-state index is 0.119. The number of aromatic carboxylic acids is 1. The van der Waals surface area contributed by atoms with Gasteiger partial charge in [-0.2, -0.15) is 0 Å². The van der Waals surface area contributed by atoms with Crippen LogP contribution in [0, 0.1) is 5.82 Å². The van der Waals surface area contributed by atoms with Crippen molar-refractivity contribution in [1.29, 1.82) is 0 Å². The summed E-state index contributed by atoms with van der Waals surface area (Å²) in [6, 6.07) is 10.2. The van der Waals surface area contributed by atoms with Crippen molar-refractivity contribution in [2.75, 3.05) is 5.32 Å². The average Bonchev–Trinajstić information content (AvgIpc) is 2.51. The minimum atomic E-state index is -1.21. The maximum Gasteiger partial charge on any atom is 0.337 e. The lowest BCUT2D eigenvalue weighted by molar-refractivity contribution is -0.112. The molecule has 4 nitrogen and oxygen atoms in total. The molecule has 2 rings (SSSR count). The zero-order valence-corrected chi connectivity index (χ0v) is 12.9. The maximum atomic E-state index is 13.6. The highest BCUT2D eigenvalue weighted by Gasteiger charge is 2.14. The second kappa shape index (κ2) is 7.07.